The first-order valence-corrected chi connectivity index (χ1v) is 8.97. The highest BCUT2D eigenvalue weighted by Crippen LogP contribution is 2.26. The van der Waals surface area contributed by atoms with Crippen molar-refractivity contribution < 1.29 is 4.42 Å². The zero-order chi connectivity index (χ0) is 16.6. The van der Waals surface area contributed by atoms with E-state index in [1.807, 2.05) is 12.1 Å². The number of hydrogen-bond acceptors (Lipinski definition) is 2. The fourth-order valence-corrected chi connectivity index (χ4v) is 3.19. The molecule has 3 rings (SSSR count). The largest absolute Gasteiger partial charge is 0.469 e. The van der Waals surface area contributed by atoms with E-state index >= 15 is 0 Å². The average Bonchev–Trinajstić information content (AvgIpc) is 3.30. The van der Waals surface area contributed by atoms with Gasteiger partial charge in [0.05, 0.1) is 6.26 Å². The normalized spacial score (nSPS) is 18.1. The SMILES string of the molecule is CCCN=C(NCCc1ccco1)N1CCC(c2ccccc2)C1. The smallest absolute Gasteiger partial charge is 0.193 e. The summed E-state index contributed by atoms with van der Waals surface area (Å²) < 4.78 is 5.40. The summed E-state index contributed by atoms with van der Waals surface area (Å²) >= 11 is 0. The summed E-state index contributed by atoms with van der Waals surface area (Å²) in [7, 11) is 0. The van der Waals surface area contributed by atoms with E-state index in [9.17, 15) is 0 Å². The molecule has 4 heteroatoms. The Kier molecular flexibility index (Phi) is 5.94. The van der Waals surface area contributed by atoms with Crippen molar-refractivity contribution in [1.29, 1.82) is 0 Å². The van der Waals surface area contributed by atoms with Gasteiger partial charge >= 0.3 is 0 Å². The van der Waals surface area contributed by atoms with Gasteiger partial charge in [-0.15, -0.1) is 0 Å². The number of aliphatic imine (C=N–C) groups is 1. The van der Waals surface area contributed by atoms with Gasteiger partial charge in [-0.05, 0) is 30.5 Å². The standard InChI is InChI=1S/C20H27N3O/c1-2-12-21-20(22-13-10-19-9-6-15-24-19)23-14-11-18(16-23)17-7-4-3-5-8-17/h3-9,15,18H,2,10-14,16H2,1H3,(H,21,22). The van der Waals surface area contributed by atoms with Crippen LogP contribution in [0.15, 0.2) is 58.1 Å². The van der Waals surface area contributed by atoms with E-state index in [-0.39, 0.29) is 0 Å². The van der Waals surface area contributed by atoms with Crippen molar-refractivity contribution in [1.82, 2.24) is 10.2 Å². The van der Waals surface area contributed by atoms with Crippen molar-refractivity contribution in [2.75, 3.05) is 26.2 Å². The van der Waals surface area contributed by atoms with Crippen LogP contribution in [0.1, 0.15) is 37.0 Å². The first kappa shape index (κ1) is 16.6. The summed E-state index contributed by atoms with van der Waals surface area (Å²) in [5, 5.41) is 3.52. The molecule has 1 atom stereocenters. The molecule has 0 bridgehead atoms. The maximum atomic E-state index is 5.40. The number of guanidine groups is 1. The number of hydrogen-bond donors (Lipinski definition) is 1. The van der Waals surface area contributed by atoms with Crippen LogP contribution in [-0.4, -0.2) is 37.0 Å². The minimum absolute atomic E-state index is 0.602. The summed E-state index contributed by atoms with van der Waals surface area (Å²) in [4.78, 5) is 7.17. The van der Waals surface area contributed by atoms with Gasteiger partial charge in [-0.1, -0.05) is 37.3 Å². The fourth-order valence-electron chi connectivity index (χ4n) is 3.19. The fraction of sp³-hybridized carbons (Fsp3) is 0.450. The molecule has 0 aliphatic carbocycles. The Hall–Kier alpha value is -2.23. The molecule has 1 N–H and O–H groups in total. The van der Waals surface area contributed by atoms with Crippen LogP contribution in [0.4, 0.5) is 0 Å². The summed E-state index contributed by atoms with van der Waals surface area (Å²) in [6, 6.07) is 14.8. The lowest BCUT2D eigenvalue weighted by Gasteiger charge is -2.22. The van der Waals surface area contributed by atoms with E-state index in [0.717, 1.165) is 50.7 Å². The number of benzene rings is 1. The summed E-state index contributed by atoms with van der Waals surface area (Å²) in [5.74, 6) is 2.66. The van der Waals surface area contributed by atoms with E-state index in [4.69, 9.17) is 9.41 Å². The van der Waals surface area contributed by atoms with Crippen molar-refractivity contribution >= 4 is 5.96 Å². The predicted octanol–water partition coefficient (Wildman–Crippen LogP) is 3.67. The zero-order valence-corrected chi connectivity index (χ0v) is 14.4. The van der Waals surface area contributed by atoms with Crippen molar-refractivity contribution in [3.05, 3.63) is 60.1 Å². The van der Waals surface area contributed by atoms with Crippen LogP contribution in [0.2, 0.25) is 0 Å². The van der Waals surface area contributed by atoms with Gasteiger partial charge in [0.2, 0.25) is 0 Å². The van der Waals surface area contributed by atoms with Crippen molar-refractivity contribution in [2.24, 2.45) is 4.99 Å². The summed E-state index contributed by atoms with van der Waals surface area (Å²) in [5.41, 5.74) is 1.44. The van der Waals surface area contributed by atoms with Crippen LogP contribution in [0.5, 0.6) is 0 Å². The number of likely N-dealkylation sites (tertiary alicyclic amines) is 1. The molecule has 1 aromatic heterocycles. The van der Waals surface area contributed by atoms with Gasteiger partial charge in [0.25, 0.3) is 0 Å². The van der Waals surface area contributed by atoms with Crippen LogP contribution >= 0.6 is 0 Å². The van der Waals surface area contributed by atoms with Gasteiger partial charge in [0.1, 0.15) is 5.76 Å². The quantitative estimate of drug-likeness (QED) is 0.651. The third kappa shape index (κ3) is 4.40. The van der Waals surface area contributed by atoms with Gasteiger partial charge in [-0.3, -0.25) is 4.99 Å². The molecule has 1 saturated heterocycles. The molecule has 1 aliphatic rings. The maximum absolute atomic E-state index is 5.40. The molecule has 1 aliphatic heterocycles. The van der Waals surface area contributed by atoms with Crippen LogP contribution in [0, 0.1) is 0 Å². The highest BCUT2D eigenvalue weighted by Gasteiger charge is 2.25. The third-order valence-electron chi connectivity index (χ3n) is 4.48. The molecular formula is C20H27N3O. The van der Waals surface area contributed by atoms with E-state index in [2.05, 4.69) is 47.5 Å². The van der Waals surface area contributed by atoms with Crippen LogP contribution in [0.3, 0.4) is 0 Å². The number of nitrogens with one attached hydrogen (secondary N) is 1. The van der Waals surface area contributed by atoms with Gasteiger partial charge in [0.15, 0.2) is 5.96 Å². The first-order chi connectivity index (χ1) is 11.9. The molecule has 0 amide bonds. The molecular weight excluding hydrogens is 298 g/mol. The predicted molar refractivity (Wildman–Crippen MR) is 98.4 cm³/mol. The highest BCUT2D eigenvalue weighted by atomic mass is 16.3. The second kappa shape index (κ2) is 8.57. The third-order valence-corrected chi connectivity index (χ3v) is 4.48. The van der Waals surface area contributed by atoms with Crippen molar-refractivity contribution in [3.8, 4) is 0 Å². The molecule has 1 unspecified atom stereocenters. The first-order valence-electron chi connectivity index (χ1n) is 8.97. The Labute approximate surface area is 144 Å². The molecule has 1 fully saturated rings. The van der Waals surface area contributed by atoms with Crippen molar-refractivity contribution in [3.63, 3.8) is 0 Å². The van der Waals surface area contributed by atoms with E-state index in [1.54, 1.807) is 6.26 Å². The minimum atomic E-state index is 0.602. The Morgan fingerprint density at radius 3 is 2.88 bits per heavy atom. The lowest BCUT2D eigenvalue weighted by atomic mass is 9.99. The Morgan fingerprint density at radius 1 is 1.25 bits per heavy atom. The second-order valence-corrected chi connectivity index (χ2v) is 6.30. The summed E-state index contributed by atoms with van der Waals surface area (Å²) in [6.45, 7) is 6.00. The lowest BCUT2D eigenvalue weighted by Crippen LogP contribution is -2.41. The molecule has 1 aromatic carbocycles. The van der Waals surface area contributed by atoms with E-state index in [0.29, 0.717) is 5.92 Å². The van der Waals surface area contributed by atoms with Gasteiger partial charge < -0.3 is 14.6 Å². The van der Waals surface area contributed by atoms with Crippen LogP contribution in [-0.2, 0) is 6.42 Å². The van der Waals surface area contributed by atoms with Crippen molar-refractivity contribution in [2.45, 2.75) is 32.1 Å². The average molecular weight is 325 g/mol. The van der Waals surface area contributed by atoms with Gasteiger partial charge in [-0.2, -0.15) is 0 Å². The number of furan rings is 1. The minimum Gasteiger partial charge on any atom is -0.469 e. The molecule has 2 heterocycles. The van der Waals surface area contributed by atoms with Crippen LogP contribution < -0.4 is 5.32 Å². The molecule has 0 spiro atoms. The topological polar surface area (TPSA) is 40.8 Å². The Balaban J connectivity index is 1.57. The van der Waals surface area contributed by atoms with E-state index < -0.39 is 0 Å². The molecule has 24 heavy (non-hydrogen) atoms. The molecule has 0 radical (unpaired) electrons. The Bertz CT molecular complexity index is 622. The van der Waals surface area contributed by atoms with E-state index in [1.165, 1.54) is 12.0 Å². The Morgan fingerprint density at radius 2 is 2.12 bits per heavy atom. The number of rotatable bonds is 6. The van der Waals surface area contributed by atoms with Gasteiger partial charge in [0, 0.05) is 38.5 Å². The maximum Gasteiger partial charge on any atom is 0.193 e. The monoisotopic (exact) mass is 325 g/mol. The van der Waals surface area contributed by atoms with Crippen LogP contribution in [0.25, 0.3) is 0 Å². The lowest BCUT2D eigenvalue weighted by molar-refractivity contribution is 0.475. The molecule has 4 nitrogen and oxygen atoms in total. The molecule has 128 valence electrons. The zero-order valence-electron chi connectivity index (χ0n) is 14.4. The van der Waals surface area contributed by atoms with Gasteiger partial charge in [-0.25, -0.2) is 0 Å². The summed E-state index contributed by atoms with van der Waals surface area (Å²) in [6.07, 6.45) is 4.87. The molecule has 2 aromatic rings. The highest BCUT2D eigenvalue weighted by molar-refractivity contribution is 5.80. The number of nitrogens with zero attached hydrogens (tertiary/aromatic N) is 2. The molecule has 0 saturated carbocycles. The second-order valence-electron chi connectivity index (χ2n) is 6.30.